The van der Waals surface area contributed by atoms with E-state index >= 15 is 0 Å². The van der Waals surface area contributed by atoms with Crippen molar-refractivity contribution in [3.63, 3.8) is 0 Å². The molecule has 2 bridgehead atoms. The average molecular weight is 661 g/mol. The Morgan fingerprint density at radius 1 is 1.21 bits per heavy atom. The summed E-state index contributed by atoms with van der Waals surface area (Å²) in [4.78, 5) is 17.6. The maximum atomic E-state index is 13.1. The minimum atomic E-state index is -0.758. The van der Waals surface area contributed by atoms with Crippen LogP contribution in [0.25, 0.3) is 0 Å². The summed E-state index contributed by atoms with van der Waals surface area (Å²) in [5.74, 6) is 9.82. The lowest BCUT2D eigenvalue weighted by molar-refractivity contribution is -0.121. The number of aliphatic imine (C=N–C) groups is 1. The molecular formula is C38H52N4O6. The molecule has 0 saturated carbocycles. The number of Topliss-reactive ketones (excluding diaryl/α,β-unsaturated/α-hetero) is 1. The van der Waals surface area contributed by atoms with Crippen LogP contribution in [0.3, 0.4) is 0 Å². The SMILES string of the molecule is CNCOc1c2cc3c4c1OC[C@H](CCNC(N)=NCC(C)C)[C@@H]4CCC[C@@H]3C[C@@H](O)CC(=O)CCc1ccc(O)c(OC)c1C#CC2. The minimum Gasteiger partial charge on any atom is -0.504 e. The zero-order valence-electron chi connectivity index (χ0n) is 28.9. The molecule has 0 fully saturated rings. The fourth-order valence-corrected chi connectivity index (χ4v) is 7.38. The molecule has 0 aromatic heterocycles. The molecule has 2 aromatic carbocycles. The number of nitrogens with one attached hydrogen (secondary N) is 2. The number of hydrogen-bond acceptors (Lipinski definition) is 8. The Morgan fingerprint density at radius 3 is 2.81 bits per heavy atom. The Morgan fingerprint density at radius 2 is 2.04 bits per heavy atom. The van der Waals surface area contributed by atoms with Crippen LogP contribution in [0, 0.1) is 23.7 Å². The van der Waals surface area contributed by atoms with Gasteiger partial charge in [-0.05, 0) is 74.1 Å². The molecule has 10 nitrogen and oxygen atoms in total. The topological polar surface area (TPSA) is 148 Å². The summed E-state index contributed by atoms with van der Waals surface area (Å²) < 4.78 is 18.5. The Balaban J connectivity index is 1.56. The van der Waals surface area contributed by atoms with Crippen molar-refractivity contribution >= 4 is 11.7 Å². The highest BCUT2D eigenvalue weighted by Gasteiger charge is 2.39. The van der Waals surface area contributed by atoms with E-state index in [1.807, 2.05) is 7.05 Å². The Hall–Kier alpha value is -3.94. The first-order valence-electron chi connectivity index (χ1n) is 17.4. The van der Waals surface area contributed by atoms with Crippen LogP contribution >= 0.6 is 0 Å². The quantitative estimate of drug-likeness (QED) is 0.113. The number of aliphatic hydroxyl groups is 1. The van der Waals surface area contributed by atoms with Crippen LogP contribution in [-0.4, -0.2) is 68.6 Å². The van der Waals surface area contributed by atoms with Gasteiger partial charge < -0.3 is 35.5 Å². The molecule has 2 aliphatic carbocycles. The highest BCUT2D eigenvalue weighted by atomic mass is 16.5. The number of ketones is 1. The van der Waals surface area contributed by atoms with Crippen LogP contribution in [-0.2, 0) is 17.6 Å². The second kappa shape index (κ2) is 16.4. The third kappa shape index (κ3) is 8.37. The Bertz CT molecular complexity index is 1540. The Labute approximate surface area is 284 Å². The number of rotatable bonds is 9. The van der Waals surface area contributed by atoms with Crippen molar-refractivity contribution < 1.29 is 29.2 Å². The van der Waals surface area contributed by atoms with Gasteiger partial charge >= 0.3 is 0 Å². The maximum Gasteiger partial charge on any atom is 0.188 e. The summed E-state index contributed by atoms with van der Waals surface area (Å²) in [6.45, 7) is 6.48. The number of phenolic OH excluding ortho intramolecular Hbond substituents is 1. The summed E-state index contributed by atoms with van der Waals surface area (Å²) in [5.41, 5.74) is 10.8. The van der Waals surface area contributed by atoms with E-state index in [0.717, 1.165) is 53.7 Å². The number of benzene rings is 2. The third-order valence-electron chi connectivity index (χ3n) is 9.69. The number of hydrogen-bond donors (Lipinski definition) is 5. The number of nitrogens with zero attached hydrogens (tertiary/aromatic N) is 1. The van der Waals surface area contributed by atoms with Gasteiger partial charge in [0, 0.05) is 49.4 Å². The molecule has 1 aliphatic heterocycles. The molecule has 4 atom stereocenters. The van der Waals surface area contributed by atoms with Gasteiger partial charge in [-0.25, -0.2) is 0 Å². The van der Waals surface area contributed by atoms with E-state index in [1.54, 1.807) is 12.1 Å². The molecule has 10 heteroatoms. The van der Waals surface area contributed by atoms with Gasteiger partial charge in [0.2, 0.25) is 0 Å². The van der Waals surface area contributed by atoms with Gasteiger partial charge in [0.25, 0.3) is 0 Å². The van der Waals surface area contributed by atoms with Crippen molar-refractivity contribution in [3.05, 3.63) is 46.0 Å². The molecule has 48 heavy (non-hydrogen) atoms. The smallest absolute Gasteiger partial charge is 0.188 e. The van der Waals surface area contributed by atoms with Crippen LogP contribution in [0.2, 0.25) is 0 Å². The van der Waals surface area contributed by atoms with Crippen molar-refractivity contribution in [2.24, 2.45) is 22.6 Å². The number of nitrogens with two attached hydrogens (primary N) is 1. The van der Waals surface area contributed by atoms with E-state index in [0.29, 0.717) is 74.6 Å². The van der Waals surface area contributed by atoms with Crippen molar-refractivity contribution in [3.8, 4) is 34.8 Å². The lowest BCUT2D eigenvalue weighted by Gasteiger charge is -2.36. The molecule has 0 amide bonds. The van der Waals surface area contributed by atoms with Crippen molar-refractivity contribution in [2.75, 3.05) is 40.6 Å². The second-order valence-corrected chi connectivity index (χ2v) is 13.7. The van der Waals surface area contributed by atoms with E-state index in [4.69, 9.17) is 19.9 Å². The number of aromatic hydroxyl groups is 1. The first-order valence-corrected chi connectivity index (χ1v) is 17.4. The first-order chi connectivity index (χ1) is 23.2. The highest BCUT2D eigenvalue weighted by Crippen LogP contribution is 2.54. The monoisotopic (exact) mass is 660 g/mol. The molecule has 5 rings (SSSR count). The Kier molecular flexibility index (Phi) is 12.1. The van der Waals surface area contributed by atoms with Gasteiger partial charge in [0.1, 0.15) is 12.5 Å². The van der Waals surface area contributed by atoms with Crippen molar-refractivity contribution in [2.45, 2.75) is 89.6 Å². The predicted octanol–water partition coefficient (Wildman–Crippen LogP) is 4.52. The standard InChI is InChI=1S/C38H52N4O6/c1-23(2)20-42-38(39)41-16-15-27-21-47-37-34-30(27)9-5-7-25-17-29(44)19-28(43)13-11-24-12-14-33(45)36(46-4)31(24)10-6-8-26(18-32(25)34)35(37)48-22-40-3/h12,14,18,23,25,27,29-30,40,44-45H,5,7-9,11,13,15-17,19-22H2,1-4H3,(H3,39,41,42)/t25-,27+,29-,30+/m1/s1. The lowest BCUT2D eigenvalue weighted by atomic mass is 9.76. The van der Waals surface area contributed by atoms with Crippen LogP contribution in [0.4, 0.5) is 0 Å². The molecule has 0 saturated heterocycles. The fourth-order valence-electron chi connectivity index (χ4n) is 7.38. The predicted molar refractivity (Wildman–Crippen MR) is 187 cm³/mol. The van der Waals surface area contributed by atoms with E-state index in [9.17, 15) is 15.0 Å². The van der Waals surface area contributed by atoms with Gasteiger partial charge in [-0.3, -0.25) is 15.1 Å². The summed E-state index contributed by atoms with van der Waals surface area (Å²) in [6, 6.07) is 5.57. The minimum absolute atomic E-state index is 0.000423. The van der Waals surface area contributed by atoms with E-state index in [2.05, 4.69) is 47.4 Å². The van der Waals surface area contributed by atoms with Crippen LogP contribution in [0.1, 0.15) is 98.4 Å². The zero-order chi connectivity index (χ0) is 34.2. The summed E-state index contributed by atoms with van der Waals surface area (Å²) in [5, 5.41) is 28.2. The second-order valence-electron chi connectivity index (χ2n) is 13.7. The van der Waals surface area contributed by atoms with Crippen LogP contribution < -0.4 is 30.6 Å². The molecule has 3 aliphatic rings. The molecule has 6 N–H and O–H groups in total. The molecule has 2 aromatic rings. The van der Waals surface area contributed by atoms with E-state index in [1.165, 1.54) is 7.11 Å². The molecule has 0 unspecified atom stereocenters. The zero-order valence-corrected chi connectivity index (χ0v) is 28.9. The van der Waals surface area contributed by atoms with Gasteiger partial charge in [-0.15, -0.1) is 0 Å². The van der Waals surface area contributed by atoms with Gasteiger partial charge in [-0.2, -0.15) is 0 Å². The van der Waals surface area contributed by atoms with Crippen molar-refractivity contribution in [1.82, 2.24) is 10.6 Å². The van der Waals surface area contributed by atoms with E-state index in [-0.39, 0.29) is 42.1 Å². The number of methoxy groups -OCH3 is 1. The maximum absolute atomic E-state index is 13.1. The largest absolute Gasteiger partial charge is 0.504 e. The number of carbonyl (C=O) groups excluding carboxylic acids is 1. The van der Waals surface area contributed by atoms with Crippen LogP contribution in [0.5, 0.6) is 23.0 Å². The first kappa shape index (κ1) is 35.4. The molecule has 1 heterocycles. The number of fused-ring (bicyclic) bond motifs is 2. The normalized spacial score (nSPS) is 22.6. The number of carbonyl (C=O) groups is 1. The van der Waals surface area contributed by atoms with Crippen molar-refractivity contribution in [1.29, 1.82) is 0 Å². The number of aryl methyl sites for hydroxylation is 1. The summed E-state index contributed by atoms with van der Waals surface area (Å²) in [6.07, 6.45) is 4.72. The van der Waals surface area contributed by atoms with E-state index < -0.39 is 6.10 Å². The molecule has 0 radical (unpaired) electrons. The van der Waals surface area contributed by atoms with Gasteiger partial charge in [-0.1, -0.05) is 44.2 Å². The number of guanidine groups is 1. The van der Waals surface area contributed by atoms with Gasteiger partial charge in [0.15, 0.2) is 29.0 Å². The summed E-state index contributed by atoms with van der Waals surface area (Å²) >= 11 is 0. The lowest BCUT2D eigenvalue weighted by Crippen LogP contribution is -2.36. The average Bonchev–Trinajstić information content (AvgIpc) is 3.23. The van der Waals surface area contributed by atoms with Gasteiger partial charge in [0.05, 0.1) is 25.4 Å². The van der Waals surface area contributed by atoms with Crippen LogP contribution in [0.15, 0.2) is 23.2 Å². The fraction of sp³-hybridized carbons (Fsp3) is 0.579. The highest BCUT2D eigenvalue weighted by molar-refractivity contribution is 5.79. The molecule has 260 valence electrons. The number of phenols is 1. The number of aliphatic hydroxyl groups excluding tert-OH is 1. The molecular weight excluding hydrogens is 608 g/mol. The number of ether oxygens (including phenoxy) is 3. The molecule has 0 spiro atoms. The third-order valence-corrected chi connectivity index (χ3v) is 9.69. The summed E-state index contributed by atoms with van der Waals surface area (Å²) in [7, 11) is 3.34.